The van der Waals surface area contributed by atoms with Crippen LogP contribution in [0.3, 0.4) is 0 Å². The maximum Gasteiger partial charge on any atom is 0.258 e. The van der Waals surface area contributed by atoms with Gasteiger partial charge in [-0.2, -0.15) is 0 Å². The Kier molecular flexibility index (Phi) is 6.37. The highest BCUT2D eigenvalue weighted by Crippen LogP contribution is 2.21. The van der Waals surface area contributed by atoms with Gasteiger partial charge in [-0.3, -0.25) is 14.2 Å². The van der Waals surface area contributed by atoms with Crippen LogP contribution in [0.15, 0.2) is 76.6 Å². The highest BCUT2D eigenvalue weighted by atomic mass is 32.2. The summed E-state index contributed by atoms with van der Waals surface area (Å²) in [6, 6.07) is 16.9. The largest absolute Gasteiger partial charge is 0.490 e. The Morgan fingerprint density at radius 2 is 1.67 bits per heavy atom. The fourth-order valence-corrected chi connectivity index (χ4v) is 4.58. The molecule has 1 fully saturated rings. The van der Waals surface area contributed by atoms with Crippen molar-refractivity contribution in [2.24, 2.45) is 0 Å². The molecule has 0 atom stereocenters. The number of sulfone groups is 1. The number of benzene rings is 2. The second kappa shape index (κ2) is 9.23. The molecular weight excluding hydrogens is 440 g/mol. The van der Waals surface area contributed by atoms with Crippen LogP contribution in [0.25, 0.3) is 5.69 Å². The number of pyridine rings is 1. The lowest BCUT2D eigenvalue weighted by Crippen LogP contribution is -2.42. The van der Waals surface area contributed by atoms with Crippen LogP contribution < -0.4 is 10.3 Å². The van der Waals surface area contributed by atoms with Gasteiger partial charge in [-0.1, -0.05) is 18.2 Å². The predicted molar refractivity (Wildman–Crippen MR) is 126 cm³/mol. The number of aromatic nitrogens is 1. The number of aryl methyl sites for hydroxylation is 1. The molecule has 1 aliphatic rings. The molecule has 1 aliphatic heterocycles. The van der Waals surface area contributed by atoms with Gasteiger partial charge in [-0.15, -0.1) is 0 Å². The lowest BCUT2D eigenvalue weighted by molar-refractivity contribution is 0.0594. The second-order valence-corrected chi connectivity index (χ2v) is 10.3. The van der Waals surface area contributed by atoms with Crippen molar-refractivity contribution in [3.05, 3.63) is 88.3 Å². The molecule has 2 heterocycles. The van der Waals surface area contributed by atoms with Crippen LogP contribution >= 0.6 is 0 Å². The fraction of sp³-hybridized carbons (Fsp3) is 0.280. The van der Waals surface area contributed by atoms with E-state index < -0.39 is 9.84 Å². The van der Waals surface area contributed by atoms with E-state index in [4.69, 9.17) is 4.74 Å². The zero-order valence-electron chi connectivity index (χ0n) is 18.6. The monoisotopic (exact) mass is 466 g/mol. The molecule has 172 valence electrons. The Labute approximate surface area is 193 Å². The van der Waals surface area contributed by atoms with E-state index in [1.54, 1.807) is 24.4 Å². The molecule has 0 aliphatic carbocycles. The molecule has 33 heavy (non-hydrogen) atoms. The Hall–Kier alpha value is -3.39. The highest BCUT2D eigenvalue weighted by molar-refractivity contribution is 7.90. The van der Waals surface area contributed by atoms with Crippen LogP contribution in [0.4, 0.5) is 0 Å². The molecule has 0 spiro atoms. The molecule has 1 aromatic heterocycles. The fourth-order valence-electron chi connectivity index (χ4n) is 3.95. The smallest absolute Gasteiger partial charge is 0.258 e. The maximum absolute atomic E-state index is 12.8. The predicted octanol–water partition coefficient (Wildman–Crippen LogP) is 3.23. The number of amides is 1. The van der Waals surface area contributed by atoms with Crippen LogP contribution in [0.1, 0.15) is 28.8 Å². The van der Waals surface area contributed by atoms with E-state index in [0.717, 1.165) is 17.4 Å². The summed E-state index contributed by atoms with van der Waals surface area (Å²) in [5.41, 5.74) is 1.99. The molecule has 0 radical (unpaired) electrons. The van der Waals surface area contributed by atoms with Crippen molar-refractivity contribution in [3.63, 3.8) is 0 Å². The highest BCUT2D eigenvalue weighted by Gasteiger charge is 2.25. The number of hydrogen-bond donors (Lipinski definition) is 0. The topological polar surface area (TPSA) is 85.7 Å². The number of hydrogen-bond acceptors (Lipinski definition) is 5. The summed E-state index contributed by atoms with van der Waals surface area (Å²) in [5.74, 6) is 0.517. The van der Waals surface area contributed by atoms with E-state index in [2.05, 4.69) is 0 Å². The van der Waals surface area contributed by atoms with Gasteiger partial charge < -0.3 is 9.64 Å². The van der Waals surface area contributed by atoms with Crippen LogP contribution in [0, 0.1) is 6.92 Å². The third kappa shape index (κ3) is 5.17. The molecular formula is C25H26N2O5S. The first kappa shape index (κ1) is 22.8. The van der Waals surface area contributed by atoms with Crippen molar-refractivity contribution in [1.82, 2.24) is 9.47 Å². The molecule has 8 heteroatoms. The van der Waals surface area contributed by atoms with Gasteiger partial charge in [0.1, 0.15) is 11.9 Å². The minimum Gasteiger partial charge on any atom is -0.490 e. The van der Waals surface area contributed by atoms with Crippen molar-refractivity contribution in [1.29, 1.82) is 0 Å². The van der Waals surface area contributed by atoms with Crippen LogP contribution in [-0.4, -0.2) is 49.2 Å². The minimum atomic E-state index is -3.29. The van der Waals surface area contributed by atoms with E-state index in [-0.39, 0.29) is 22.5 Å². The summed E-state index contributed by atoms with van der Waals surface area (Å²) in [6.45, 7) is 3.13. The SMILES string of the molecule is Cc1ccccc1C(=O)N1CCC(Oc2ccn(-c3ccc(S(C)(=O)=O)cc3)c(=O)c2)CC1. The van der Waals surface area contributed by atoms with Gasteiger partial charge in [-0.25, -0.2) is 8.42 Å². The Morgan fingerprint density at radius 1 is 1.00 bits per heavy atom. The molecule has 3 aromatic rings. The number of piperidine rings is 1. The van der Waals surface area contributed by atoms with Gasteiger partial charge in [0.25, 0.3) is 11.5 Å². The van der Waals surface area contributed by atoms with Gasteiger partial charge in [0.2, 0.25) is 0 Å². The summed E-state index contributed by atoms with van der Waals surface area (Å²) >= 11 is 0. The lowest BCUT2D eigenvalue weighted by Gasteiger charge is -2.32. The molecule has 0 bridgehead atoms. The summed E-state index contributed by atoms with van der Waals surface area (Å²) < 4.78 is 30.7. The first-order valence-electron chi connectivity index (χ1n) is 10.8. The molecule has 4 rings (SSSR count). The zero-order chi connectivity index (χ0) is 23.6. The number of nitrogens with zero attached hydrogens (tertiary/aromatic N) is 2. The number of carbonyl (C=O) groups excluding carboxylic acids is 1. The number of likely N-dealkylation sites (tertiary alicyclic amines) is 1. The first-order chi connectivity index (χ1) is 15.7. The van der Waals surface area contributed by atoms with E-state index in [1.165, 1.54) is 22.8 Å². The van der Waals surface area contributed by atoms with Gasteiger partial charge in [0.15, 0.2) is 9.84 Å². The standard InChI is InChI=1S/C25H26N2O5S/c1-18-5-3-4-6-23(18)25(29)26-14-11-20(12-15-26)32-21-13-16-27(24(28)17-21)19-7-9-22(10-8-19)33(2,30)31/h3-10,13,16-17,20H,11-12,14-15H2,1-2H3. The third-order valence-electron chi connectivity index (χ3n) is 5.84. The zero-order valence-corrected chi connectivity index (χ0v) is 19.4. The maximum atomic E-state index is 12.8. The van der Waals surface area contributed by atoms with Crippen molar-refractivity contribution in [2.75, 3.05) is 19.3 Å². The van der Waals surface area contributed by atoms with E-state index in [0.29, 0.717) is 37.4 Å². The molecule has 0 N–H and O–H groups in total. The minimum absolute atomic E-state index is 0.0380. The second-order valence-electron chi connectivity index (χ2n) is 8.26. The van der Waals surface area contributed by atoms with Gasteiger partial charge in [0.05, 0.1) is 4.90 Å². The summed E-state index contributed by atoms with van der Waals surface area (Å²) in [5, 5.41) is 0. The van der Waals surface area contributed by atoms with Gasteiger partial charge >= 0.3 is 0 Å². The third-order valence-corrected chi connectivity index (χ3v) is 6.97. The van der Waals surface area contributed by atoms with Crippen LogP contribution in [0.2, 0.25) is 0 Å². The average molecular weight is 467 g/mol. The Bertz CT molecular complexity index is 1320. The van der Waals surface area contributed by atoms with Crippen LogP contribution in [-0.2, 0) is 9.84 Å². The molecule has 0 saturated carbocycles. The van der Waals surface area contributed by atoms with Crippen molar-refractivity contribution in [3.8, 4) is 11.4 Å². The van der Waals surface area contributed by atoms with E-state index >= 15 is 0 Å². The van der Waals surface area contributed by atoms with E-state index in [1.807, 2.05) is 36.1 Å². The normalized spacial score (nSPS) is 14.8. The van der Waals surface area contributed by atoms with Gasteiger partial charge in [0, 0.05) is 55.7 Å². The van der Waals surface area contributed by atoms with Crippen molar-refractivity contribution >= 4 is 15.7 Å². The first-order valence-corrected chi connectivity index (χ1v) is 12.7. The lowest BCUT2D eigenvalue weighted by atomic mass is 10.0. The Morgan fingerprint density at radius 3 is 2.27 bits per heavy atom. The number of rotatable bonds is 5. The van der Waals surface area contributed by atoms with Crippen LogP contribution in [0.5, 0.6) is 5.75 Å². The number of ether oxygens (including phenoxy) is 1. The van der Waals surface area contributed by atoms with E-state index in [9.17, 15) is 18.0 Å². The number of carbonyl (C=O) groups is 1. The molecule has 1 saturated heterocycles. The van der Waals surface area contributed by atoms with Crippen molar-refractivity contribution < 1.29 is 17.9 Å². The molecule has 1 amide bonds. The average Bonchev–Trinajstić information content (AvgIpc) is 2.79. The van der Waals surface area contributed by atoms with Gasteiger partial charge in [-0.05, 0) is 48.9 Å². The Balaban J connectivity index is 1.39. The summed E-state index contributed by atoms with van der Waals surface area (Å²) in [4.78, 5) is 27.4. The summed E-state index contributed by atoms with van der Waals surface area (Å²) in [7, 11) is -3.29. The quantitative estimate of drug-likeness (QED) is 0.576. The molecule has 0 unspecified atom stereocenters. The molecule has 7 nitrogen and oxygen atoms in total. The summed E-state index contributed by atoms with van der Waals surface area (Å²) in [6.07, 6.45) is 4.06. The molecule has 2 aromatic carbocycles. The van der Waals surface area contributed by atoms with Crippen molar-refractivity contribution in [2.45, 2.75) is 30.8 Å².